The molecule has 3 nitrogen and oxygen atoms in total. The number of rotatable bonds is 3. The van der Waals surface area contributed by atoms with E-state index >= 15 is 0 Å². The maximum Gasteiger partial charge on any atom is 0.417 e. The first-order valence-corrected chi connectivity index (χ1v) is 9.27. The highest BCUT2D eigenvalue weighted by Gasteiger charge is 2.33. The van der Waals surface area contributed by atoms with E-state index in [1.165, 1.54) is 12.1 Å². The molecule has 3 aromatic rings. The summed E-state index contributed by atoms with van der Waals surface area (Å²) in [5, 5.41) is 0. The molecule has 28 heavy (non-hydrogen) atoms. The summed E-state index contributed by atoms with van der Waals surface area (Å²) >= 11 is 0. The molecular weight excluding hydrogens is 365 g/mol. The standard InChI is InChI=1S/C22H21F3N2O/c1-21(10-12-28-13-11-21)9-8-20-26-18-7-6-15(14-19(18)27-20)16-4-2-3-5-17(16)22(23,24)25/h2-9,14H,10-13H2,1H3,(H,26,27)/b9-8+. The molecule has 0 atom stereocenters. The Kier molecular flexibility index (Phi) is 4.75. The summed E-state index contributed by atoms with van der Waals surface area (Å²) in [6.45, 7) is 3.70. The van der Waals surface area contributed by atoms with Gasteiger partial charge in [-0.2, -0.15) is 13.2 Å². The molecule has 0 amide bonds. The van der Waals surface area contributed by atoms with Crippen molar-refractivity contribution < 1.29 is 17.9 Å². The Morgan fingerprint density at radius 1 is 1.11 bits per heavy atom. The number of aromatic nitrogens is 2. The van der Waals surface area contributed by atoms with Gasteiger partial charge in [0.15, 0.2) is 0 Å². The fraction of sp³-hybridized carbons (Fsp3) is 0.318. The van der Waals surface area contributed by atoms with Gasteiger partial charge in [-0.1, -0.05) is 37.3 Å². The number of hydrogen-bond donors (Lipinski definition) is 1. The van der Waals surface area contributed by atoms with Crippen molar-refractivity contribution in [1.29, 1.82) is 0 Å². The van der Waals surface area contributed by atoms with Crippen molar-refractivity contribution in [3.8, 4) is 11.1 Å². The second-order valence-corrected chi connectivity index (χ2v) is 7.50. The molecule has 0 spiro atoms. The van der Waals surface area contributed by atoms with Crippen molar-refractivity contribution in [1.82, 2.24) is 9.97 Å². The second kappa shape index (κ2) is 7.09. The van der Waals surface area contributed by atoms with Crippen LogP contribution in [0, 0.1) is 5.41 Å². The van der Waals surface area contributed by atoms with Crippen molar-refractivity contribution >= 4 is 17.1 Å². The van der Waals surface area contributed by atoms with Crippen LogP contribution in [0.5, 0.6) is 0 Å². The second-order valence-electron chi connectivity index (χ2n) is 7.50. The van der Waals surface area contributed by atoms with E-state index in [9.17, 15) is 13.2 Å². The molecule has 2 aromatic carbocycles. The number of halogens is 3. The number of nitrogens with zero attached hydrogens (tertiary/aromatic N) is 1. The predicted molar refractivity (Wildman–Crippen MR) is 104 cm³/mol. The van der Waals surface area contributed by atoms with E-state index in [2.05, 4.69) is 23.0 Å². The molecular formula is C22H21F3N2O. The molecule has 1 N–H and O–H groups in total. The topological polar surface area (TPSA) is 37.9 Å². The lowest BCUT2D eigenvalue weighted by Crippen LogP contribution is -2.24. The summed E-state index contributed by atoms with van der Waals surface area (Å²) in [5.74, 6) is 0.698. The quantitative estimate of drug-likeness (QED) is 0.592. The molecule has 1 fully saturated rings. The lowest BCUT2D eigenvalue weighted by Gasteiger charge is -2.30. The Labute approximate surface area is 161 Å². The fourth-order valence-corrected chi connectivity index (χ4v) is 3.54. The Bertz CT molecular complexity index is 1010. The highest BCUT2D eigenvalue weighted by atomic mass is 19.4. The average Bonchev–Trinajstić information content (AvgIpc) is 3.09. The van der Waals surface area contributed by atoms with Gasteiger partial charge in [-0.3, -0.25) is 0 Å². The minimum atomic E-state index is -4.40. The van der Waals surface area contributed by atoms with Gasteiger partial charge in [-0.05, 0) is 53.7 Å². The van der Waals surface area contributed by atoms with Crippen LogP contribution in [0.3, 0.4) is 0 Å². The third-order valence-electron chi connectivity index (χ3n) is 5.32. The van der Waals surface area contributed by atoms with Crippen LogP contribution in [-0.4, -0.2) is 23.2 Å². The van der Waals surface area contributed by atoms with E-state index in [1.807, 2.05) is 6.08 Å². The molecule has 0 bridgehead atoms. The molecule has 0 saturated carbocycles. The van der Waals surface area contributed by atoms with Gasteiger partial charge in [0.1, 0.15) is 5.82 Å². The van der Waals surface area contributed by atoms with Gasteiger partial charge in [0.25, 0.3) is 0 Å². The fourth-order valence-electron chi connectivity index (χ4n) is 3.54. The number of fused-ring (bicyclic) bond motifs is 1. The molecule has 1 saturated heterocycles. The van der Waals surface area contributed by atoms with Crippen LogP contribution in [0.4, 0.5) is 13.2 Å². The molecule has 0 unspecified atom stereocenters. The molecule has 4 rings (SSSR count). The lowest BCUT2D eigenvalue weighted by atomic mass is 9.82. The molecule has 146 valence electrons. The van der Waals surface area contributed by atoms with Crippen molar-refractivity contribution in [2.75, 3.05) is 13.2 Å². The highest BCUT2D eigenvalue weighted by Crippen LogP contribution is 2.37. The SMILES string of the molecule is CC1(/C=C/c2nc3cc(-c4ccccc4C(F)(F)F)ccc3[nH]2)CCOCC1. The number of imidazole rings is 1. The number of ether oxygens (including phenoxy) is 1. The number of aromatic amines is 1. The normalized spacial score (nSPS) is 17.4. The largest absolute Gasteiger partial charge is 0.417 e. The van der Waals surface area contributed by atoms with Crippen LogP contribution >= 0.6 is 0 Å². The smallest absolute Gasteiger partial charge is 0.381 e. The van der Waals surface area contributed by atoms with Gasteiger partial charge < -0.3 is 9.72 Å². The average molecular weight is 386 g/mol. The molecule has 1 aromatic heterocycles. The van der Waals surface area contributed by atoms with E-state index in [0.29, 0.717) is 16.9 Å². The van der Waals surface area contributed by atoms with Gasteiger partial charge in [-0.15, -0.1) is 0 Å². The van der Waals surface area contributed by atoms with Gasteiger partial charge >= 0.3 is 6.18 Å². The van der Waals surface area contributed by atoms with Crippen LogP contribution in [0.25, 0.3) is 28.2 Å². The van der Waals surface area contributed by atoms with Crippen molar-refractivity contribution in [2.45, 2.75) is 25.9 Å². The number of nitrogens with one attached hydrogen (secondary N) is 1. The van der Waals surface area contributed by atoms with E-state index in [-0.39, 0.29) is 11.0 Å². The van der Waals surface area contributed by atoms with Crippen molar-refractivity contribution in [3.63, 3.8) is 0 Å². The number of allylic oxidation sites excluding steroid dienone is 1. The van der Waals surface area contributed by atoms with Crippen molar-refractivity contribution in [2.24, 2.45) is 5.41 Å². The van der Waals surface area contributed by atoms with E-state index < -0.39 is 11.7 Å². The maximum atomic E-state index is 13.3. The van der Waals surface area contributed by atoms with Crippen LogP contribution < -0.4 is 0 Å². The van der Waals surface area contributed by atoms with Gasteiger partial charge in [-0.25, -0.2) is 4.98 Å². The zero-order chi connectivity index (χ0) is 19.8. The minimum absolute atomic E-state index is 0.0774. The molecule has 6 heteroatoms. The lowest BCUT2D eigenvalue weighted by molar-refractivity contribution is -0.137. The first kappa shape index (κ1) is 18.7. The third-order valence-corrected chi connectivity index (χ3v) is 5.32. The first-order valence-electron chi connectivity index (χ1n) is 9.27. The summed E-state index contributed by atoms with van der Waals surface area (Å²) in [4.78, 5) is 7.78. The van der Waals surface area contributed by atoms with E-state index in [1.54, 1.807) is 24.3 Å². The molecule has 2 heterocycles. The van der Waals surface area contributed by atoms with Crippen molar-refractivity contribution in [3.05, 3.63) is 59.9 Å². The zero-order valence-electron chi connectivity index (χ0n) is 15.5. The Morgan fingerprint density at radius 3 is 2.61 bits per heavy atom. The number of alkyl halides is 3. The van der Waals surface area contributed by atoms with Crippen LogP contribution in [-0.2, 0) is 10.9 Å². The number of benzene rings is 2. The summed E-state index contributed by atoms with van der Waals surface area (Å²) in [6.07, 6.45) is 1.62. The van der Waals surface area contributed by atoms with Crippen LogP contribution in [0.1, 0.15) is 31.2 Å². The first-order chi connectivity index (χ1) is 13.3. The molecule has 0 radical (unpaired) electrons. The molecule has 0 aliphatic carbocycles. The number of hydrogen-bond acceptors (Lipinski definition) is 2. The Morgan fingerprint density at radius 2 is 1.86 bits per heavy atom. The Hall–Kier alpha value is -2.60. The zero-order valence-corrected chi connectivity index (χ0v) is 15.5. The Balaban J connectivity index is 1.66. The maximum absolute atomic E-state index is 13.3. The summed E-state index contributed by atoms with van der Waals surface area (Å²) in [7, 11) is 0. The van der Waals surface area contributed by atoms with Gasteiger partial charge in [0, 0.05) is 13.2 Å². The van der Waals surface area contributed by atoms with Crippen LogP contribution in [0.2, 0.25) is 0 Å². The van der Waals surface area contributed by atoms with Crippen LogP contribution in [0.15, 0.2) is 48.5 Å². The monoisotopic (exact) mass is 386 g/mol. The van der Waals surface area contributed by atoms with E-state index in [4.69, 9.17) is 4.74 Å². The van der Waals surface area contributed by atoms with Gasteiger partial charge in [0.05, 0.1) is 16.6 Å². The predicted octanol–water partition coefficient (Wildman–Crippen LogP) is 6.08. The summed E-state index contributed by atoms with van der Waals surface area (Å²) in [5.41, 5.74) is 1.54. The van der Waals surface area contributed by atoms with E-state index in [0.717, 1.165) is 37.6 Å². The van der Waals surface area contributed by atoms with Gasteiger partial charge in [0.2, 0.25) is 0 Å². The minimum Gasteiger partial charge on any atom is -0.381 e. The number of H-pyrrole nitrogens is 1. The summed E-state index contributed by atoms with van der Waals surface area (Å²) < 4.78 is 45.4. The molecule has 1 aliphatic rings. The summed E-state index contributed by atoms with van der Waals surface area (Å²) in [6, 6.07) is 10.8. The third kappa shape index (κ3) is 3.83. The molecule has 1 aliphatic heterocycles. The highest BCUT2D eigenvalue weighted by molar-refractivity contribution is 5.83.